The average molecular weight is 261 g/mol. The Morgan fingerprint density at radius 2 is 1.89 bits per heavy atom. The van der Waals surface area contributed by atoms with E-state index in [0.29, 0.717) is 6.04 Å². The van der Waals surface area contributed by atoms with Crippen molar-refractivity contribution in [2.24, 2.45) is 0 Å². The van der Waals surface area contributed by atoms with Gasteiger partial charge in [0.25, 0.3) is 0 Å². The fourth-order valence-corrected chi connectivity index (χ4v) is 2.93. The van der Waals surface area contributed by atoms with Crippen LogP contribution in [0.4, 0.5) is 11.5 Å². The normalized spacial score (nSPS) is 21.4. The molecule has 0 radical (unpaired) electrons. The molecule has 1 N–H and O–H groups in total. The van der Waals surface area contributed by atoms with E-state index in [1.165, 1.54) is 32.1 Å². The van der Waals surface area contributed by atoms with E-state index in [-0.39, 0.29) is 0 Å². The fourth-order valence-electron chi connectivity index (χ4n) is 2.93. The van der Waals surface area contributed by atoms with Crippen LogP contribution in [-0.2, 0) is 4.74 Å². The lowest BCUT2D eigenvalue weighted by Crippen LogP contribution is -2.36. The number of ether oxygens (including phenoxy) is 1. The van der Waals surface area contributed by atoms with Crippen molar-refractivity contribution in [3.8, 4) is 0 Å². The highest BCUT2D eigenvalue weighted by atomic mass is 16.5. The van der Waals surface area contributed by atoms with Crippen LogP contribution in [-0.4, -0.2) is 37.3 Å². The number of aromatic nitrogens is 1. The molecule has 1 aliphatic carbocycles. The van der Waals surface area contributed by atoms with Crippen LogP contribution in [0.3, 0.4) is 0 Å². The molecule has 0 aromatic carbocycles. The van der Waals surface area contributed by atoms with Gasteiger partial charge in [-0.15, -0.1) is 0 Å². The molecule has 19 heavy (non-hydrogen) atoms. The molecule has 2 aliphatic rings. The second-order valence-electron chi connectivity index (χ2n) is 5.48. The molecule has 1 aromatic rings. The molecule has 1 saturated carbocycles. The zero-order valence-electron chi connectivity index (χ0n) is 11.5. The first-order valence-corrected chi connectivity index (χ1v) is 7.47. The maximum absolute atomic E-state index is 5.36. The summed E-state index contributed by atoms with van der Waals surface area (Å²) in [4.78, 5) is 6.86. The van der Waals surface area contributed by atoms with Crippen LogP contribution < -0.4 is 10.2 Å². The molecular formula is C15H23N3O. The third kappa shape index (κ3) is 3.38. The molecule has 4 heteroatoms. The van der Waals surface area contributed by atoms with Crippen LogP contribution in [0.15, 0.2) is 18.3 Å². The van der Waals surface area contributed by atoms with Gasteiger partial charge in [0.15, 0.2) is 0 Å². The van der Waals surface area contributed by atoms with Gasteiger partial charge in [-0.05, 0) is 25.0 Å². The fraction of sp³-hybridized carbons (Fsp3) is 0.667. The second-order valence-corrected chi connectivity index (χ2v) is 5.48. The summed E-state index contributed by atoms with van der Waals surface area (Å²) in [6.07, 6.45) is 8.68. The van der Waals surface area contributed by atoms with Crippen LogP contribution in [0, 0.1) is 0 Å². The Balaban J connectivity index is 1.58. The van der Waals surface area contributed by atoms with E-state index in [9.17, 15) is 0 Å². The predicted molar refractivity (Wildman–Crippen MR) is 77.8 cm³/mol. The Kier molecular flexibility index (Phi) is 4.18. The third-order valence-electron chi connectivity index (χ3n) is 4.06. The highest BCUT2D eigenvalue weighted by Gasteiger charge is 2.14. The van der Waals surface area contributed by atoms with E-state index in [1.807, 2.05) is 6.20 Å². The highest BCUT2D eigenvalue weighted by molar-refractivity contribution is 5.49. The summed E-state index contributed by atoms with van der Waals surface area (Å²) >= 11 is 0. The van der Waals surface area contributed by atoms with Gasteiger partial charge < -0.3 is 15.0 Å². The van der Waals surface area contributed by atoms with Crippen molar-refractivity contribution in [1.82, 2.24) is 4.98 Å². The van der Waals surface area contributed by atoms with Crippen LogP contribution in [0.5, 0.6) is 0 Å². The average Bonchev–Trinajstić information content (AvgIpc) is 2.50. The molecule has 3 rings (SSSR count). The summed E-state index contributed by atoms with van der Waals surface area (Å²) in [5.41, 5.74) is 1.16. The minimum atomic E-state index is 0.643. The van der Waals surface area contributed by atoms with Crippen molar-refractivity contribution < 1.29 is 4.74 Å². The standard InChI is InChI=1S/C15H23N3O/c1-2-4-13(5-3-1)17-14-6-7-15(16-12-14)18-8-10-19-11-9-18/h6-7,12-13,17H,1-5,8-11H2. The Labute approximate surface area is 115 Å². The summed E-state index contributed by atoms with van der Waals surface area (Å²) in [7, 11) is 0. The first-order chi connectivity index (χ1) is 9.42. The van der Waals surface area contributed by atoms with Gasteiger partial charge in [-0.3, -0.25) is 0 Å². The predicted octanol–water partition coefficient (Wildman–Crippen LogP) is 2.66. The van der Waals surface area contributed by atoms with E-state index < -0.39 is 0 Å². The second kappa shape index (κ2) is 6.24. The number of nitrogens with zero attached hydrogens (tertiary/aromatic N) is 2. The van der Waals surface area contributed by atoms with Crippen molar-refractivity contribution in [1.29, 1.82) is 0 Å². The zero-order chi connectivity index (χ0) is 12.9. The van der Waals surface area contributed by atoms with E-state index >= 15 is 0 Å². The lowest BCUT2D eigenvalue weighted by Gasteiger charge is -2.28. The molecule has 1 aromatic heterocycles. The first-order valence-electron chi connectivity index (χ1n) is 7.47. The number of pyridine rings is 1. The molecule has 1 saturated heterocycles. The summed E-state index contributed by atoms with van der Waals surface area (Å²) < 4.78 is 5.36. The number of anilines is 2. The molecule has 4 nitrogen and oxygen atoms in total. The molecular weight excluding hydrogens is 238 g/mol. The smallest absolute Gasteiger partial charge is 0.128 e. The highest BCUT2D eigenvalue weighted by Crippen LogP contribution is 2.22. The van der Waals surface area contributed by atoms with Gasteiger partial charge >= 0.3 is 0 Å². The lowest BCUT2D eigenvalue weighted by atomic mass is 9.95. The Morgan fingerprint density at radius 1 is 1.11 bits per heavy atom. The van der Waals surface area contributed by atoms with Gasteiger partial charge in [-0.2, -0.15) is 0 Å². The van der Waals surface area contributed by atoms with Crippen molar-refractivity contribution in [3.05, 3.63) is 18.3 Å². The molecule has 1 aliphatic heterocycles. The van der Waals surface area contributed by atoms with Crippen LogP contribution >= 0.6 is 0 Å². The van der Waals surface area contributed by atoms with Crippen molar-refractivity contribution >= 4 is 11.5 Å². The zero-order valence-corrected chi connectivity index (χ0v) is 11.5. The number of rotatable bonds is 3. The van der Waals surface area contributed by atoms with Crippen molar-refractivity contribution in [2.45, 2.75) is 38.1 Å². The van der Waals surface area contributed by atoms with Gasteiger partial charge in [0.1, 0.15) is 5.82 Å². The first kappa shape index (κ1) is 12.7. The number of morpholine rings is 1. The molecule has 2 fully saturated rings. The largest absolute Gasteiger partial charge is 0.381 e. The maximum Gasteiger partial charge on any atom is 0.128 e. The molecule has 0 atom stereocenters. The minimum absolute atomic E-state index is 0.643. The Morgan fingerprint density at radius 3 is 2.58 bits per heavy atom. The summed E-state index contributed by atoms with van der Waals surface area (Å²) in [5, 5.41) is 3.61. The van der Waals surface area contributed by atoms with Crippen LogP contribution in [0.2, 0.25) is 0 Å². The minimum Gasteiger partial charge on any atom is -0.381 e. The van der Waals surface area contributed by atoms with Gasteiger partial charge in [0.2, 0.25) is 0 Å². The van der Waals surface area contributed by atoms with E-state index in [0.717, 1.165) is 37.8 Å². The molecule has 0 bridgehead atoms. The number of nitrogens with one attached hydrogen (secondary N) is 1. The van der Waals surface area contributed by atoms with Gasteiger partial charge in [0.05, 0.1) is 25.1 Å². The SMILES string of the molecule is c1cc(N2CCOCC2)ncc1NC1CCCCC1. The van der Waals surface area contributed by atoms with Crippen LogP contribution in [0.25, 0.3) is 0 Å². The Bertz CT molecular complexity index is 381. The quantitative estimate of drug-likeness (QED) is 0.907. The molecule has 0 unspecified atom stereocenters. The Hall–Kier alpha value is -1.29. The molecule has 0 spiro atoms. The summed E-state index contributed by atoms with van der Waals surface area (Å²) in [6, 6.07) is 4.92. The van der Waals surface area contributed by atoms with E-state index in [2.05, 4.69) is 27.3 Å². The lowest BCUT2D eigenvalue weighted by molar-refractivity contribution is 0.122. The summed E-state index contributed by atoms with van der Waals surface area (Å²) in [5.74, 6) is 1.07. The van der Waals surface area contributed by atoms with Gasteiger partial charge in [-0.25, -0.2) is 4.98 Å². The van der Waals surface area contributed by atoms with Gasteiger partial charge in [0, 0.05) is 19.1 Å². The number of hydrogen-bond donors (Lipinski definition) is 1. The molecule has 104 valence electrons. The molecule has 0 amide bonds. The summed E-state index contributed by atoms with van der Waals surface area (Å²) in [6.45, 7) is 3.51. The monoisotopic (exact) mass is 261 g/mol. The van der Waals surface area contributed by atoms with Crippen LogP contribution in [0.1, 0.15) is 32.1 Å². The van der Waals surface area contributed by atoms with E-state index in [4.69, 9.17) is 4.74 Å². The topological polar surface area (TPSA) is 37.4 Å². The van der Waals surface area contributed by atoms with Crippen molar-refractivity contribution in [2.75, 3.05) is 36.5 Å². The maximum atomic E-state index is 5.36. The number of hydrogen-bond acceptors (Lipinski definition) is 4. The molecule has 2 heterocycles. The van der Waals surface area contributed by atoms with Gasteiger partial charge in [-0.1, -0.05) is 19.3 Å². The third-order valence-corrected chi connectivity index (χ3v) is 4.06. The van der Waals surface area contributed by atoms with E-state index in [1.54, 1.807) is 0 Å². The van der Waals surface area contributed by atoms with Crippen molar-refractivity contribution in [3.63, 3.8) is 0 Å².